The van der Waals surface area contributed by atoms with Gasteiger partial charge in [0.2, 0.25) is 0 Å². The van der Waals surface area contributed by atoms with Crippen LogP contribution in [-0.2, 0) is 9.53 Å². The zero-order valence-electron chi connectivity index (χ0n) is 13.1. The van der Waals surface area contributed by atoms with Crippen molar-refractivity contribution in [3.63, 3.8) is 0 Å². The van der Waals surface area contributed by atoms with Crippen molar-refractivity contribution in [2.75, 3.05) is 6.61 Å². The molecule has 2 fully saturated rings. The smallest absolute Gasteiger partial charge is 0.309 e. The summed E-state index contributed by atoms with van der Waals surface area (Å²) in [5.74, 6) is -0.281. The summed E-state index contributed by atoms with van der Waals surface area (Å²) in [7, 11) is 0. The van der Waals surface area contributed by atoms with E-state index in [9.17, 15) is 9.90 Å². The Bertz CT molecular complexity index is 333. The maximum absolute atomic E-state index is 12.0. The molecular weight excluding hydrogens is 252 g/mol. The quantitative estimate of drug-likeness (QED) is 0.785. The van der Waals surface area contributed by atoms with Gasteiger partial charge in [-0.25, -0.2) is 0 Å². The molecule has 0 bridgehead atoms. The second kappa shape index (κ2) is 6.46. The van der Waals surface area contributed by atoms with Crippen molar-refractivity contribution in [3.05, 3.63) is 0 Å². The van der Waals surface area contributed by atoms with Crippen LogP contribution in [0.25, 0.3) is 0 Å². The Hall–Kier alpha value is -0.570. The Kier molecular flexibility index (Phi) is 5.11. The monoisotopic (exact) mass is 282 g/mol. The van der Waals surface area contributed by atoms with Gasteiger partial charge in [-0.15, -0.1) is 0 Å². The molecule has 0 amide bonds. The summed E-state index contributed by atoms with van der Waals surface area (Å²) in [4.78, 5) is 12.0. The molecule has 0 radical (unpaired) electrons. The van der Waals surface area contributed by atoms with Gasteiger partial charge in [0.05, 0.1) is 11.0 Å². The van der Waals surface area contributed by atoms with Crippen LogP contribution in [0.3, 0.4) is 0 Å². The fraction of sp³-hybridized carbons (Fsp3) is 0.941. The Morgan fingerprint density at radius 1 is 1.35 bits per heavy atom. The molecule has 3 heteroatoms. The third kappa shape index (κ3) is 2.88. The lowest BCUT2D eigenvalue weighted by atomic mass is 9.64. The van der Waals surface area contributed by atoms with E-state index in [2.05, 4.69) is 13.8 Å². The highest BCUT2D eigenvalue weighted by Gasteiger charge is 2.50. The van der Waals surface area contributed by atoms with Crippen molar-refractivity contribution < 1.29 is 14.6 Å². The maximum Gasteiger partial charge on any atom is 0.309 e. The van der Waals surface area contributed by atoms with Crippen LogP contribution >= 0.6 is 0 Å². The Morgan fingerprint density at radius 3 is 2.60 bits per heavy atom. The minimum Gasteiger partial charge on any atom is -0.481 e. The number of carboxylic acid groups (broad SMARTS) is 1. The summed E-state index contributed by atoms with van der Waals surface area (Å²) < 4.78 is 6.09. The lowest BCUT2D eigenvalue weighted by molar-refractivity contribution is -0.164. The number of rotatable bonds is 6. The SMILES string of the molecule is CCCCC(CC)(C(=O)O)C1CCOC2(CCCC2)C1. The molecule has 1 saturated carbocycles. The van der Waals surface area contributed by atoms with E-state index >= 15 is 0 Å². The van der Waals surface area contributed by atoms with Gasteiger partial charge in [-0.1, -0.05) is 39.5 Å². The standard InChI is InChI=1S/C17H30O3/c1-3-5-11-17(4-2,15(18)19)14-8-12-20-16(13-14)9-6-7-10-16/h14H,3-13H2,1-2H3,(H,18,19). The van der Waals surface area contributed by atoms with Gasteiger partial charge < -0.3 is 9.84 Å². The summed E-state index contributed by atoms with van der Waals surface area (Å²) in [6.45, 7) is 4.96. The summed E-state index contributed by atoms with van der Waals surface area (Å²) in [6, 6.07) is 0. The van der Waals surface area contributed by atoms with E-state index in [1.807, 2.05) is 0 Å². The van der Waals surface area contributed by atoms with E-state index in [1.54, 1.807) is 0 Å². The fourth-order valence-corrected chi connectivity index (χ4v) is 4.46. The first kappa shape index (κ1) is 15.8. The van der Waals surface area contributed by atoms with Crippen LogP contribution in [0.4, 0.5) is 0 Å². The summed E-state index contributed by atoms with van der Waals surface area (Å²) >= 11 is 0. The highest BCUT2D eigenvalue weighted by molar-refractivity contribution is 5.75. The Morgan fingerprint density at radius 2 is 2.05 bits per heavy atom. The molecule has 3 nitrogen and oxygen atoms in total. The molecule has 2 atom stereocenters. The molecule has 2 aliphatic rings. The van der Waals surface area contributed by atoms with E-state index in [0.717, 1.165) is 58.0 Å². The van der Waals surface area contributed by atoms with E-state index in [0.29, 0.717) is 5.92 Å². The van der Waals surface area contributed by atoms with Gasteiger partial charge >= 0.3 is 5.97 Å². The Labute approximate surface area is 123 Å². The van der Waals surface area contributed by atoms with Crippen LogP contribution in [0.5, 0.6) is 0 Å². The predicted molar refractivity (Wildman–Crippen MR) is 79.8 cm³/mol. The molecule has 2 unspecified atom stereocenters. The molecule has 1 heterocycles. The first-order valence-corrected chi connectivity index (χ1v) is 8.46. The van der Waals surface area contributed by atoms with Crippen molar-refractivity contribution in [1.29, 1.82) is 0 Å². The number of unbranched alkanes of at least 4 members (excludes halogenated alkanes) is 1. The first-order chi connectivity index (χ1) is 9.58. The fourth-order valence-electron chi connectivity index (χ4n) is 4.46. The summed E-state index contributed by atoms with van der Waals surface area (Å²) in [5, 5.41) is 9.89. The minimum absolute atomic E-state index is 0.0189. The van der Waals surface area contributed by atoms with Gasteiger partial charge in [0.25, 0.3) is 0 Å². The number of carboxylic acids is 1. The maximum atomic E-state index is 12.0. The van der Waals surface area contributed by atoms with Gasteiger partial charge in [-0.05, 0) is 44.4 Å². The van der Waals surface area contributed by atoms with E-state index < -0.39 is 11.4 Å². The Balaban J connectivity index is 2.17. The van der Waals surface area contributed by atoms with Gasteiger partial charge in [-0.2, -0.15) is 0 Å². The van der Waals surface area contributed by atoms with Crippen LogP contribution in [0.15, 0.2) is 0 Å². The number of ether oxygens (including phenoxy) is 1. The topological polar surface area (TPSA) is 46.5 Å². The van der Waals surface area contributed by atoms with Crippen molar-refractivity contribution in [1.82, 2.24) is 0 Å². The molecule has 1 aliphatic heterocycles. The van der Waals surface area contributed by atoms with Crippen LogP contribution in [-0.4, -0.2) is 23.3 Å². The molecule has 1 N–H and O–H groups in total. The average Bonchev–Trinajstić information content (AvgIpc) is 2.88. The molecule has 1 aliphatic carbocycles. The van der Waals surface area contributed by atoms with Crippen molar-refractivity contribution in [2.45, 2.75) is 83.7 Å². The number of hydrogen-bond donors (Lipinski definition) is 1. The van der Waals surface area contributed by atoms with Crippen LogP contribution in [0.1, 0.15) is 78.1 Å². The largest absolute Gasteiger partial charge is 0.481 e. The molecule has 2 rings (SSSR count). The van der Waals surface area contributed by atoms with Crippen LogP contribution in [0, 0.1) is 11.3 Å². The molecular formula is C17H30O3. The molecule has 20 heavy (non-hydrogen) atoms. The lowest BCUT2D eigenvalue weighted by Gasteiger charge is -2.45. The highest BCUT2D eigenvalue weighted by atomic mass is 16.5. The van der Waals surface area contributed by atoms with E-state index in [-0.39, 0.29) is 5.60 Å². The zero-order chi connectivity index (χ0) is 14.6. The molecule has 1 saturated heterocycles. The second-order valence-electron chi connectivity index (χ2n) is 6.85. The van der Waals surface area contributed by atoms with Crippen molar-refractivity contribution in [3.8, 4) is 0 Å². The van der Waals surface area contributed by atoms with E-state index in [1.165, 1.54) is 12.8 Å². The first-order valence-electron chi connectivity index (χ1n) is 8.46. The molecule has 0 aromatic rings. The second-order valence-corrected chi connectivity index (χ2v) is 6.85. The van der Waals surface area contributed by atoms with Crippen molar-refractivity contribution >= 4 is 5.97 Å². The highest BCUT2D eigenvalue weighted by Crippen LogP contribution is 2.50. The molecule has 0 aromatic carbocycles. The minimum atomic E-state index is -0.575. The molecule has 0 aromatic heterocycles. The number of aliphatic carboxylic acids is 1. The zero-order valence-corrected chi connectivity index (χ0v) is 13.1. The van der Waals surface area contributed by atoms with E-state index in [4.69, 9.17) is 4.74 Å². The number of hydrogen-bond acceptors (Lipinski definition) is 2. The van der Waals surface area contributed by atoms with Crippen molar-refractivity contribution in [2.24, 2.45) is 11.3 Å². The summed E-state index contributed by atoms with van der Waals surface area (Å²) in [6.07, 6.45) is 10.3. The molecule has 116 valence electrons. The van der Waals surface area contributed by atoms with Gasteiger partial charge in [0.15, 0.2) is 0 Å². The van der Waals surface area contributed by atoms with Crippen LogP contribution in [0.2, 0.25) is 0 Å². The number of carbonyl (C=O) groups is 1. The molecule has 1 spiro atoms. The van der Waals surface area contributed by atoms with Gasteiger partial charge in [0.1, 0.15) is 0 Å². The third-order valence-corrected chi connectivity index (χ3v) is 5.82. The summed E-state index contributed by atoms with van der Waals surface area (Å²) in [5.41, 5.74) is -0.500. The predicted octanol–water partition coefficient (Wildman–Crippen LogP) is 4.40. The average molecular weight is 282 g/mol. The van der Waals surface area contributed by atoms with Gasteiger partial charge in [0, 0.05) is 6.61 Å². The normalized spacial score (nSPS) is 28.4. The lowest BCUT2D eigenvalue weighted by Crippen LogP contribution is -2.47. The van der Waals surface area contributed by atoms with Gasteiger partial charge in [-0.3, -0.25) is 4.79 Å². The van der Waals surface area contributed by atoms with Crippen LogP contribution < -0.4 is 0 Å². The third-order valence-electron chi connectivity index (χ3n) is 5.82.